The summed E-state index contributed by atoms with van der Waals surface area (Å²) in [6.07, 6.45) is 2.75. The molecule has 2 aliphatic rings. The molecule has 2 fully saturated rings. The van der Waals surface area contributed by atoms with Gasteiger partial charge in [-0.15, -0.1) is 0 Å². The minimum Gasteiger partial charge on any atom is -0.369 e. The van der Waals surface area contributed by atoms with Gasteiger partial charge in [0.2, 0.25) is 0 Å². The van der Waals surface area contributed by atoms with Gasteiger partial charge in [-0.1, -0.05) is 23.7 Å². The number of piperazine rings is 1. The maximum Gasteiger partial charge on any atom is 0.319 e. The molecule has 1 heterocycles. The molecule has 0 bridgehead atoms. The van der Waals surface area contributed by atoms with Crippen LogP contribution in [-0.2, 0) is 6.54 Å². The lowest BCUT2D eigenvalue weighted by Gasteiger charge is -2.36. The molecule has 5 nitrogen and oxygen atoms in total. The maximum absolute atomic E-state index is 12.1. The second kappa shape index (κ2) is 8.19. The van der Waals surface area contributed by atoms with Gasteiger partial charge in [0, 0.05) is 55.2 Å². The predicted molar refractivity (Wildman–Crippen MR) is 111 cm³/mol. The molecule has 2 aromatic rings. The average molecular weight is 385 g/mol. The van der Waals surface area contributed by atoms with Crippen LogP contribution >= 0.6 is 11.6 Å². The topological polar surface area (TPSA) is 47.6 Å². The molecule has 0 spiro atoms. The van der Waals surface area contributed by atoms with Gasteiger partial charge in [0.05, 0.1) is 0 Å². The van der Waals surface area contributed by atoms with Crippen molar-refractivity contribution in [2.45, 2.75) is 25.4 Å². The Bertz CT molecular complexity index is 783. The summed E-state index contributed by atoms with van der Waals surface area (Å²) in [6.45, 7) is 4.88. The first-order valence-electron chi connectivity index (χ1n) is 9.56. The molecule has 1 aliphatic carbocycles. The predicted octanol–water partition coefficient (Wildman–Crippen LogP) is 3.95. The molecule has 2 N–H and O–H groups in total. The van der Waals surface area contributed by atoms with Crippen LogP contribution in [0.4, 0.5) is 16.2 Å². The maximum atomic E-state index is 12.1. The van der Waals surface area contributed by atoms with Crippen LogP contribution in [-0.4, -0.2) is 43.2 Å². The smallest absolute Gasteiger partial charge is 0.319 e. The van der Waals surface area contributed by atoms with E-state index in [4.69, 9.17) is 11.6 Å². The van der Waals surface area contributed by atoms with Crippen LogP contribution in [0, 0.1) is 0 Å². The number of halogens is 1. The van der Waals surface area contributed by atoms with E-state index in [1.807, 2.05) is 36.4 Å². The molecule has 0 radical (unpaired) electrons. The quantitative estimate of drug-likeness (QED) is 0.820. The SMILES string of the molecule is O=C(NCc1cccc(Cl)c1)Nc1ccc(N2CCN(C3CC3)CC2)cc1. The number of hydrogen-bond acceptors (Lipinski definition) is 3. The summed E-state index contributed by atoms with van der Waals surface area (Å²) < 4.78 is 0. The van der Waals surface area contributed by atoms with E-state index in [9.17, 15) is 4.79 Å². The van der Waals surface area contributed by atoms with Crippen LogP contribution in [0.5, 0.6) is 0 Å². The first-order chi connectivity index (χ1) is 13.2. The second-order valence-electron chi connectivity index (χ2n) is 7.24. The number of nitrogens with one attached hydrogen (secondary N) is 2. The minimum atomic E-state index is -0.222. The van der Waals surface area contributed by atoms with Gasteiger partial charge in [0.15, 0.2) is 0 Å². The van der Waals surface area contributed by atoms with Crippen molar-refractivity contribution in [2.24, 2.45) is 0 Å². The number of amides is 2. The fourth-order valence-electron chi connectivity index (χ4n) is 3.55. The third-order valence-electron chi connectivity index (χ3n) is 5.21. The third-order valence-corrected chi connectivity index (χ3v) is 5.45. The molecule has 142 valence electrons. The van der Waals surface area contributed by atoms with Crippen LogP contribution in [0.25, 0.3) is 0 Å². The molecule has 0 unspecified atom stereocenters. The van der Waals surface area contributed by atoms with Crippen LogP contribution in [0.3, 0.4) is 0 Å². The Morgan fingerprint density at radius 3 is 2.44 bits per heavy atom. The molecule has 6 heteroatoms. The molecule has 0 atom stereocenters. The Balaban J connectivity index is 1.25. The van der Waals surface area contributed by atoms with E-state index in [1.54, 1.807) is 0 Å². The van der Waals surface area contributed by atoms with Gasteiger partial charge in [-0.05, 0) is 54.8 Å². The number of hydrogen-bond donors (Lipinski definition) is 2. The number of carbonyl (C=O) groups is 1. The lowest BCUT2D eigenvalue weighted by Crippen LogP contribution is -2.47. The molecule has 27 heavy (non-hydrogen) atoms. The van der Waals surface area contributed by atoms with Crippen LogP contribution in [0.2, 0.25) is 5.02 Å². The average Bonchev–Trinajstić information content (AvgIpc) is 3.53. The minimum absolute atomic E-state index is 0.222. The Morgan fingerprint density at radius 2 is 1.78 bits per heavy atom. The lowest BCUT2D eigenvalue weighted by molar-refractivity contribution is 0.248. The Labute approximate surface area is 165 Å². The summed E-state index contributed by atoms with van der Waals surface area (Å²) in [5, 5.41) is 6.40. The first kappa shape index (κ1) is 18.1. The van der Waals surface area contributed by atoms with E-state index in [0.29, 0.717) is 11.6 Å². The fraction of sp³-hybridized carbons (Fsp3) is 0.381. The summed E-state index contributed by atoms with van der Waals surface area (Å²) in [5.74, 6) is 0. The molecule has 2 amide bonds. The summed E-state index contributed by atoms with van der Waals surface area (Å²) in [6, 6.07) is 16.2. The van der Waals surface area contributed by atoms with Crippen molar-refractivity contribution >= 4 is 29.0 Å². The molecule has 1 saturated heterocycles. The standard InChI is InChI=1S/C21H25ClN4O/c22-17-3-1-2-16(14-17)15-23-21(27)24-18-4-6-19(7-5-18)25-10-12-26(13-11-25)20-8-9-20/h1-7,14,20H,8-13,15H2,(H2,23,24,27). The molecule has 1 saturated carbocycles. The Kier molecular flexibility index (Phi) is 5.50. The van der Waals surface area contributed by atoms with Crippen molar-refractivity contribution in [3.8, 4) is 0 Å². The summed E-state index contributed by atoms with van der Waals surface area (Å²) in [7, 11) is 0. The number of urea groups is 1. The second-order valence-corrected chi connectivity index (χ2v) is 7.68. The molecular formula is C21H25ClN4O. The van der Waals surface area contributed by atoms with Gasteiger partial charge in [-0.3, -0.25) is 4.90 Å². The van der Waals surface area contributed by atoms with E-state index in [2.05, 4.69) is 32.6 Å². The van der Waals surface area contributed by atoms with E-state index >= 15 is 0 Å². The fourth-order valence-corrected chi connectivity index (χ4v) is 3.76. The number of rotatable bonds is 5. The van der Waals surface area contributed by atoms with Gasteiger partial charge in [0.1, 0.15) is 0 Å². The highest BCUT2D eigenvalue weighted by atomic mass is 35.5. The highest BCUT2D eigenvalue weighted by Crippen LogP contribution is 2.28. The van der Waals surface area contributed by atoms with Crippen LogP contribution in [0.1, 0.15) is 18.4 Å². The summed E-state index contributed by atoms with van der Waals surface area (Å²) >= 11 is 5.96. The van der Waals surface area contributed by atoms with Crippen LogP contribution in [0.15, 0.2) is 48.5 Å². The zero-order chi connectivity index (χ0) is 18.6. The molecule has 1 aliphatic heterocycles. The summed E-state index contributed by atoms with van der Waals surface area (Å²) in [5.41, 5.74) is 2.98. The highest BCUT2D eigenvalue weighted by molar-refractivity contribution is 6.30. The highest BCUT2D eigenvalue weighted by Gasteiger charge is 2.31. The van der Waals surface area contributed by atoms with Crippen molar-refractivity contribution in [3.63, 3.8) is 0 Å². The zero-order valence-corrected chi connectivity index (χ0v) is 16.1. The number of anilines is 2. The van der Waals surface area contributed by atoms with Gasteiger partial charge < -0.3 is 15.5 Å². The Hall–Kier alpha value is -2.24. The van der Waals surface area contributed by atoms with Crippen molar-refractivity contribution in [1.29, 1.82) is 0 Å². The largest absolute Gasteiger partial charge is 0.369 e. The normalized spacial score (nSPS) is 17.6. The first-order valence-corrected chi connectivity index (χ1v) is 9.93. The van der Waals surface area contributed by atoms with Gasteiger partial charge in [-0.25, -0.2) is 4.79 Å². The van der Waals surface area contributed by atoms with E-state index in [1.165, 1.54) is 18.5 Å². The van der Waals surface area contributed by atoms with Crippen molar-refractivity contribution < 1.29 is 4.79 Å². The summed E-state index contributed by atoms with van der Waals surface area (Å²) in [4.78, 5) is 17.1. The van der Waals surface area contributed by atoms with Gasteiger partial charge >= 0.3 is 6.03 Å². The van der Waals surface area contributed by atoms with Crippen LogP contribution < -0.4 is 15.5 Å². The Morgan fingerprint density at radius 1 is 1.04 bits per heavy atom. The molecule has 0 aromatic heterocycles. The molecular weight excluding hydrogens is 360 g/mol. The third kappa shape index (κ3) is 4.93. The van der Waals surface area contributed by atoms with Gasteiger partial charge in [-0.2, -0.15) is 0 Å². The van der Waals surface area contributed by atoms with Crippen molar-refractivity contribution in [1.82, 2.24) is 10.2 Å². The lowest BCUT2D eigenvalue weighted by atomic mass is 10.2. The number of carbonyl (C=O) groups excluding carboxylic acids is 1. The number of benzene rings is 2. The van der Waals surface area contributed by atoms with Gasteiger partial charge in [0.25, 0.3) is 0 Å². The van der Waals surface area contributed by atoms with Crippen molar-refractivity contribution in [2.75, 3.05) is 36.4 Å². The zero-order valence-electron chi connectivity index (χ0n) is 15.3. The number of nitrogens with zero attached hydrogens (tertiary/aromatic N) is 2. The van der Waals surface area contributed by atoms with E-state index in [-0.39, 0.29) is 6.03 Å². The van der Waals surface area contributed by atoms with E-state index in [0.717, 1.165) is 43.5 Å². The van der Waals surface area contributed by atoms with Crippen molar-refractivity contribution in [3.05, 3.63) is 59.1 Å². The monoisotopic (exact) mass is 384 g/mol. The van der Waals surface area contributed by atoms with E-state index < -0.39 is 0 Å². The molecule has 2 aromatic carbocycles. The molecule has 4 rings (SSSR count).